The first kappa shape index (κ1) is 11.3. The Balaban J connectivity index is 1.91. The smallest absolute Gasteiger partial charge is 0.357 e. The molecule has 2 aromatic rings. The van der Waals surface area contributed by atoms with Crippen molar-refractivity contribution in [3.05, 3.63) is 48.5 Å². The minimum Gasteiger partial charge on any atom is -0.456 e. The van der Waals surface area contributed by atoms with Crippen LogP contribution in [0.15, 0.2) is 42.9 Å². The van der Waals surface area contributed by atoms with Crippen LogP contribution in [0.4, 0.5) is 0 Å². The molecule has 0 fully saturated rings. The lowest BCUT2D eigenvalue weighted by Crippen LogP contribution is -2.21. The van der Waals surface area contributed by atoms with Crippen LogP contribution in [0.1, 0.15) is 17.4 Å². The van der Waals surface area contributed by atoms with Crippen LogP contribution in [0.25, 0.3) is 0 Å². The Kier molecular flexibility index (Phi) is 3.49. The molecule has 0 saturated carbocycles. The first-order valence-corrected chi connectivity index (χ1v) is 5.35. The van der Waals surface area contributed by atoms with Crippen LogP contribution >= 0.6 is 0 Å². The van der Waals surface area contributed by atoms with Crippen LogP contribution in [-0.2, 0) is 11.3 Å². The van der Waals surface area contributed by atoms with Crippen molar-refractivity contribution in [3.8, 4) is 0 Å². The molecule has 0 aliphatic heterocycles. The number of aromatic nitrogens is 3. The Labute approximate surface area is 99.1 Å². The summed E-state index contributed by atoms with van der Waals surface area (Å²) in [4.78, 5) is 15.6. The molecule has 0 aliphatic rings. The molecule has 0 amide bonds. The van der Waals surface area contributed by atoms with Crippen LogP contribution in [0, 0.1) is 0 Å². The highest BCUT2D eigenvalue weighted by Crippen LogP contribution is 2.02. The molecule has 0 spiro atoms. The third-order valence-corrected chi connectivity index (χ3v) is 2.19. The fourth-order valence-electron chi connectivity index (χ4n) is 1.44. The van der Waals surface area contributed by atoms with E-state index in [9.17, 15) is 4.79 Å². The number of nitrogens with zero attached hydrogens (tertiary/aromatic N) is 3. The highest BCUT2D eigenvalue weighted by Gasteiger charge is 2.13. The lowest BCUT2D eigenvalue weighted by Gasteiger charge is -2.12. The summed E-state index contributed by atoms with van der Waals surface area (Å²) in [5, 5.41) is 4.05. The molecule has 0 saturated heterocycles. The van der Waals surface area contributed by atoms with Crippen LogP contribution in [0.2, 0.25) is 0 Å². The van der Waals surface area contributed by atoms with Gasteiger partial charge in [0.15, 0.2) is 0 Å². The number of hydrogen-bond acceptors (Lipinski definition) is 4. The topological polar surface area (TPSA) is 57.0 Å². The van der Waals surface area contributed by atoms with Crippen LogP contribution in [-0.4, -0.2) is 26.8 Å². The van der Waals surface area contributed by atoms with Gasteiger partial charge >= 0.3 is 5.97 Å². The monoisotopic (exact) mass is 231 g/mol. The molecule has 0 radical (unpaired) electrons. The number of ether oxygens (including phenoxy) is 1. The summed E-state index contributed by atoms with van der Waals surface area (Å²) in [6.07, 6.45) is 4.83. The zero-order chi connectivity index (χ0) is 12.1. The van der Waals surface area contributed by atoms with Gasteiger partial charge in [0.2, 0.25) is 0 Å². The van der Waals surface area contributed by atoms with Gasteiger partial charge in [-0.2, -0.15) is 5.10 Å². The molecule has 1 atom stereocenters. The van der Waals surface area contributed by atoms with E-state index in [1.165, 1.54) is 0 Å². The van der Waals surface area contributed by atoms with E-state index in [0.717, 1.165) is 0 Å². The summed E-state index contributed by atoms with van der Waals surface area (Å²) < 4.78 is 6.97. The zero-order valence-electron chi connectivity index (χ0n) is 9.48. The van der Waals surface area contributed by atoms with Gasteiger partial charge in [0.1, 0.15) is 11.8 Å². The second-order valence-electron chi connectivity index (χ2n) is 3.66. The molecule has 17 heavy (non-hydrogen) atoms. The quantitative estimate of drug-likeness (QED) is 0.749. The number of pyridine rings is 1. The number of rotatable bonds is 4. The van der Waals surface area contributed by atoms with Gasteiger partial charge in [0, 0.05) is 18.6 Å². The summed E-state index contributed by atoms with van der Waals surface area (Å²) in [7, 11) is 0. The average molecular weight is 231 g/mol. The van der Waals surface area contributed by atoms with Crippen LogP contribution in [0.3, 0.4) is 0 Å². The zero-order valence-corrected chi connectivity index (χ0v) is 9.48. The van der Waals surface area contributed by atoms with Gasteiger partial charge in [-0.25, -0.2) is 9.78 Å². The maximum Gasteiger partial charge on any atom is 0.357 e. The largest absolute Gasteiger partial charge is 0.456 e. The summed E-state index contributed by atoms with van der Waals surface area (Å²) in [5.41, 5.74) is 0.319. The number of carbonyl (C=O) groups excluding carboxylic acids is 1. The maximum atomic E-state index is 11.7. The standard InChI is InChI=1S/C12H13N3O2/c1-10(9-15-8-4-7-14-15)17-12(16)11-5-2-3-6-13-11/h2-8,10H,9H2,1H3. The van der Waals surface area contributed by atoms with Crippen LogP contribution in [0.5, 0.6) is 0 Å². The molecule has 1 unspecified atom stereocenters. The van der Waals surface area contributed by atoms with E-state index in [4.69, 9.17) is 4.74 Å². The first-order chi connectivity index (χ1) is 8.25. The van der Waals surface area contributed by atoms with Crippen molar-refractivity contribution in [3.63, 3.8) is 0 Å². The Bertz CT molecular complexity index is 468. The predicted molar refractivity (Wildman–Crippen MR) is 61.3 cm³/mol. The van der Waals surface area contributed by atoms with Crippen molar-refractivity contribution >= 4 is 5.97 Å². The number of esters is 1. The molecule has 0 aliphatic carbocycles. The molecule has 2 aromatic heterocycles. The Hall–Kier alpha value is -2.17. The average Bonchev–Trinajstić information content (AvgIpc) is 2.82. The van der Waals surface area contributed by atoms with Crippen molar-refractivity contribution < 1.29 is 9.53 Å². The molecule has 0 aromatic carbocycles. The maximum absolute atomic E-state index is 11.7. The summed E-state index contributed by atoms with van der Waals surface area (Å²) in [6, 6.07) is 6.96. The number of carbonyl (C=O) groups is 1. The molecule has 88 valence electrons. The SMILES string of the molecule is CC(Cn1cccn1)OC(=O)c1ccccn1. The van der Waals surface area contributed by atoms with Gasteiger partial charge in [-0.15, -0.1) is 0 Å². The van der Waals surface area contributed by atoms with Gasteiger partial charge in [0.25, 0.3) is 0 Å². The van der Waals surface area contributed by atoms with Crippen molar-refractivity contribution in [2.75, 3.05) is 0 Å². The highest BCUT2D eigenvalue weighted by molar-refractivity contribution is 5.87. The molecular weight excluding hydrogens is 218 g/mol. The normalized spacial score (nSPS) is 12.1. The van der Waals surface area contributed by atoms with E-state index in [-0.39, 0.29) is 6.10 Å². The Morgan fingerprint density at radius 3 is 2.94 bits per heavy atom. The summed E-state index contributed by atoms with van der Waals surface area (Å²) >= 11 is 0. The summed E-state index contributed by atoms with van der Waals surface area (Å²) in [5.74, 6) is -0.412. The third-order valence-electron chi connectivity index (χ3n) is 2.19. The molecule has 2 rings (SSSR count). The van der Waals surface area contributed by atoms with Crippen molar-refractivity contribution in [1.82, 2.24) is 14.8 Å². The third kappa shape index (κ3) is 3.14. The molecule has 2 heterocycles. The fraction of sp³-hybridized carbons (Fsp3) is 0.250. The van der Waals surface area contributed by atoms with Gasteiger partial charge in [-0.1, -0.05) is 6.07 Å². The van der Waals surface area contributed by atoms with E-state index in [0.29, 0.717) is 12.2 Å². The van der Waals surface area contributed by atoms with E-state index in [1.54, 1.807) is 35.3 Å². The van der Waals surface area contributed by atoms with Gasteiger partial charge in [-0.3, -0.25) is 4.68 Å². The Morgan fingerprint density at radius 2 is 2.29 bits per heavy atom. The van der Waals surface area contributed by atoms with Gasteiger partial charge in [-0.05, 0) is 25.1 Å². The second kappa shape index (κ2) is 5.25. The molecular formula is C12H13N3O2. The first-order valence-electron chi connectivity index (χ1n) is 5.35. The molecule has 5 heteroatoms. The van der Waals surface area contributed by atoms with E-state index in [2.05, 4.69) is 10.1 Å². The minimum atomic E-state index is -0.412. The Morgan fingerprint density at radius 1 is 1.41 bits per heavy atom. The van der Waals surface area contributed by atoms with Gasteiger partial charge in [0.05, 0.1) is 6.54 Å². The fourth-order valence-corrected chi connectivity index (χ4v) is 1.44. The van der Waals surface area contributed by atoms with E-state index in [1.807, 2.05) is 19.2 Å². The predicted octanol–water partition coefficient (Wildman–Crippen LogP) is 1.52. The number of hydrogen-bond donors (Lipinski definition) is 0. The summed E-state index contributed by atoms with van der Waals surface area (Å²) in [6.45, 7) is 2.36. The van der Waals surface area contributed by atoms with Crippen molar-refractivity contribution in [2.45, 2.75) is 19.6 Å². The lowest BCUT2D eigenvalue weighted by atomic mass is 10.3. The highest BCUT2D eigenvalue weighted by atomic mass is 16.5. The van der Waals surface area contributed by atoms with Crippen molar-refractivity contribution in [1.29, 1.82) is 0 Å². The van der Waals surface area contributed by atoms with Crippen molar-refractivity contribution in [2.24, 2.45) is 0 Å². The van der Waals surface area contributed by atoms with Crippen LogP contribution < -0.4 is 0 Å². The van der Waals surface area contributed by atoms with E-state index < -0.39 is 5.97 Å². The lowest BCUT2D eigenvalue weighted by molar-refractivity contribution is 0.0292. The minimum absolute atomic E-state index is 0.246. The molecule has 5 nitrogen and oxygen atoms in total. The van der Waals surface area contributed by atoms with Gasteiger partial charge < -0.3 is 4.74 Å². The van der Waals surface area contributed by atoms with E-state index >= 15 is 0 Å². The second-order valence-corrected chi connectivity index (χ2v) is 3.66. The molecule has 0 N–H and O–H groups in total. The molecule has 0 bridgehead atoms.